The third kappa shape index (κ3) is 3.23. The van der Waals surface area contributed by atoms with Gasteiger partial charge >= 0.3 is 0 Å². The molecule has 0 amide bonds. The lowest BCUT2D eigenvalue weighted by molar-refractivity contribution is 0.669. The molecule has 0 saturated heterocycles. The van der Waals surface area contributed by atoms with Crippen molar-refractivity contribution in [3.63, 3.8) is 0 Å². The van der Waals surface area contributed by atoms with Gasteiger partial charge in [-0.05, 0) is 54.6 Å². The number of fused-ring (bicyclic) bond motifs is 9. The van der Waals surface area contributed by atoms with Crippen LogP contribution in [0.4, 0.5) is 0 Å². The van der Waals surface area contributed by atoms with Crippen molar-refractivity contribution in [2.75, 3.05) is 0 Å². The van der Waals surface area contributed by atoms with Crippen LogP contribution in [0.15, 0.2) is 126 Å². The number of thiophene rings is 1. The first kappa shape index (κ1) is 21.8. The summed E-state index contributed by atoms with van der Waals surface area (Å²) in [6, 6.07) is 42.5. The molecule has 0 spiro atoms. The summed E-state index contributed by atoms with van der Waals surface area (Å²) in [6.45, 7) is 0. The summed E-state index contributed by atoms with van der Waals surface area (Å²) >= 11 is 1.83. The van der Waals surface area contributed by atoms with E-state index in [2.05, 4.69) is 97.1 Å². The molecule has 0 radical (unpaired) electrons. The van der Waals surface area contributed by atoms with Crippen molar-refractivity contribution in [3.8, 4) is 22.5 Å². The molecule has 0 saturated carbocycles. The molecule has 5 aromatic carbocycles. The first-order chi connectivity index (χ1) is 19.8. The van der Waals surface area contributed by atoms with Crippen molar-refractivity contribution in [1.82, 2.24) is 9.97 Å². The van der Waals surface area contributed by atoms with Gasteiger partial charge in [0.2, 0.25) is 0 Å². The Hall–Kier alpha value is -5.06. The number of pyridine rings is 2. The molecule has 0 fully saturated rings. The van der Waals surface area contributed by atoms with E-state index in [1.54, 1.807) is 0 Å². The summed E-state index contributed by atoms with van der Waals surface area (Å²) in [5, 5.41) is 6.95. The van der Waals surface area contributed by atoms with E-state index in [9.17, 15) is 0 Å². The van der Waals surface area contributed by atoms with Crippen molar-refractivity contribution >= 4 is 75.3 Å². The van der Waals surface area contributed by atoms with Gasteiger partial charge in [0.25, 0.3) is 0 Å². The van der Waals surface area contributed by atoms with Crippen LogP contribution in [-0.4, -0.2) is 9.97 Å². The summed E-state index contributed by atoms with van der Waals surface area (Å²) in [5.74, 6) is 0. The van der Waals surface area contributed by atoms with Crippen LogP contribution in [0.3, 0.4) is 0 Å². The largest absolute Gasteiger partial charge is 0.456 e. The van der Waals surface area contributed by atoms with E-state index in [4.69, 9.17) is 14.4 Å². The van der Waals surface area contributed by atoms with Crippen molar-refractivity contribution in [3.05, 3.63) is 121 Å². The van der Waals surface area contributed by atoms with Crippen LogP contribution in [0, 0.1) is 0 Å². The van der Waals surface area contributed by atoms with Gasteiger partial charge in [0.15, 0.2) is 0 Å². The van der Waals surface area contributed by atoms with E-state index < -0.39 is 0 Å². The molecule has 0 atom stereocenters. The molecule has 4 heteroatoms. The summed E-state index contributed by atoms with van der Waals surface area (Å²) in [5.41, 5.74) is 7.67. The molecule has 0 unspecified atom stereocenters. The fourth-order valence-electron chi connectivity index (χ4n) is 5.86. The minimum atomic E-state index is 0.887. The van der Waals surface area contributed by atoms with Crippen LogP contribution in [-0.2, 0) is 0 Å². The molecule has 3 nitrogen and oxygen atoms in total. The van der Waals surface area contributed by atoms with Crippen LogP contribution in [0.5, 0.6) is 0 Å². The lowest BCUT2D eigenvalue weighted by atomic mass is 10.0. The number of aromatic nitrogens is 2. The molecule has 0 bridgehead atoms. The lowest BCUT2D eigenvalue weighted by Crippen LogP contribution is -1.91. The van der Waals surface area contributed by atoms with Gasteiger partial charge in [-0.25, -0.2) is 9.97 Å². The van der Waals surface area contributed by atoms with Crippen LogP contribution < -0.4 is 0 Å². The van der Waals surface area contributed by atoms with Crippen molar-refractivity contribution in [2.45, 2.75) is 0 Å². The minimum Gasteiger partial charge on any atom is -0.456 e. The number of furan rings is 1. The van der Waals surface area contributed by atoms with Crippen LogP contribution in [0.25, 0.3) is 86.4 Å². The van der Waals surface area contributed by atoms with Gasteiger partial charge in [-0.2, -0.15) is 0 Å². The molecule has 9 aromatic rings. The Balaban J connectivity index is 1.22. The fraction of sp³-hybridized carbons (Fsp3) is 0. The van der Waals surface area contributed by atoms with Crippen molar-refractivity contribution in [2.24, 2.45) is 0 Å². The Morgan fingerprint density at radius 1 is 0.450 bits per heavy atom. The van der Waals surface area contributed by atoms with E-state index in [0.717, 1.165) is 66.3 Å². The molecule has 40 heavy (non-hydrogen) atoms. The maximum atomic E-state index is 6.04. The molecule has 4 aromatic heterocycles. The molecule has 0 aliphatic rings. The quantitative estimate of drug-likeness (QED) is 0.210. The number of hydrogen-bond donors (Lipinski definition) is 0. The second-order valence-electron chi connectivity index (χ2n) is 10.2. The average molecular weight is 529 g/mol. The van der Waals surface area contributed by atoms with E-state index in [-0.39, 0.29) is 0 Å². The topological polar surface area (TPSA) is 38.9 Å². The summed E-state index contributed by atoms with van der Waals surface area (Å²) in [7, 11) is 0. The Labute approximate surface area is 233 Å². The Morgan fingerprint density at radius 2 is 1.02 bits per heavy atom. The van der Waals surface area contributed by atoms with Crippen molar-refractivity contribution < 1.29 is 4.42 Å². The number of benzene rings is 5. The first-order valence-electron chi connectivity index (χ1n) is 13.3. The third-order valence-corrected chi connectivity index (χ3v) is 9.02. The summed E-state index contributed by atoms with van der Waals surface area (Å²) < 4.78 is 8.65. The first-order valence-corrected chi connectivity index (χ1v) is 14.1. The van der Waals surface area contributed by atoms with Crippen molar-refractivity contribution in [1.29, 1.82) is 0 Å². The highest BCUT2D eigenvalue weighted by Crippen LogP contribution is 2.37. The molecular weight excluding hydrogens is 508 g/mol. The molecule has 4 heterocycles. The maximum Gasteiger partial charge on any atom is 0.135 e. The van der Waals surface area contributed by atoms with Gasteiger partial charge in [0, 0.05) is 52.8 Å². The van der Waals surface area contributed by atoms with Gasteiger partial charge in [-0.3, -0.25) is 0 Å². The molecule has 0 aliphatic carbocycles. The second kappa shape index (κ2) is 8.22. The zero-order chi connectivity index (χ0) is 26.2. The van der Waals surface area contributed by atoms with E-state index >= 15 is 0 Å². The molecule has 0 aliphatic heterocycles. The predicted octanol–water partition coefficient (Wildman–Crippen LogP) is 10.4. The van der Waals surface area contributed by atoms with Gasteiger partial charge in [-0.1, -0.05) is 66.7 Å². The van der Waals surface area contributed by atoms with Gasteiger partial charge in [-0.15, -0.1) is 11.3 Å². The zero-order valence-electron chi connectivity index (χ0n) is 21.3. The zero-order valence-corrected chi connectivity index (χ0v) is 22.1. The number of rotatable bonds is 2. The number of para-hydroxylation sites is 1. The predicted molar refractivity (Wildman–Crippen MR) is 168 cm³/mol. The van der Waals surface area contributed by atoms with Crippen LogP contribution in [0.2, 0.25) is 0 Å². The van der Waals surface area contributed by atoms with E-state index in [1.807, 2.05) is 35.6 Å². The molecule has 9 rings (SSSR count). The summed E-state index contributed by atoms with van der Waals surface area (Å²) in [6.07, 6.45) is 0. The monoisotopic (exact) mass is 528 g/mol. The average Bonchev–Trinajstić information content (AvgIpc) is 3.58. The number of hydrogen-bond acceptors (Lipinski definition) is 4. The molecule has 186 valence electrons. The summed E-state index contributed by atoms with van der Waals surface area (Å²) in [4.78, 5) is 10.4. The van der Waals surface area contributed by atoms with Gasteiger partial charge < -0.3 is 4.42 Å². The normalized spacial score (nSPS) is 12.0. The molecule has 0 N–H and O–H groups in total. The highest BCUT2D eigenvalue weighted by Gasteiger charge is 2.12. The van der Waals surface area contributed by atoms with E-state index in [1.165, 1.54) is 20.2 Å². The maximum absolute atomic E-state index is 6.04. The lowest BCUT2D eigenvalue weighted by Gasteiger charge is -2.08. The SMILES string of the molecule is c1ccc2c(c1)oc1ccc(-c3ccc4ccc5ccc(-c6ccc7sc8ccccc8c7c6)nc5c4n3)cc12. The van der Waals surface area contributed by atoms with Gasteiger partial charge in [0.05, 0.1) is 22.4 Å². The van der Waals surface area contributed by atoms with Gasteiger partial charge in [0.1, 0.15) is 11.2 Å². The highest BCUT2D eigenvalue weighted by molar-refractivity contribution is 7.25. The Bertz CT molecular complexity index is 2280. The smallest absolute Gasteiger partial charge is 0.135 e. The standard InChI is InChI=1S/C36H20N2OS/c1-3-7-31-25(5-1)27-19-23(13-17-32(27)39-31)29-15-11-21-9-10-22-12-16-30(38-36(22)35(21)37-29)24-14-18-34-28(20-24)26-6-2-4-8-33(26)40-34/h1-20H. The van der Waals surface area contributed by atoms with Crippen LogP contribution in [0.1, 0.15) is 0 Å². The second-order valence-corrected chi connectivity index (χ2v) is 11.3. The Morgan fingerprint density at radius 3 is 1.80 bits per heavy atom. The highest BCUT2D eigenvalue weighted by atomic mass is 32.1. The third-order valence-electron chi connectivity index (χ3n) is 7.86. The number of nitrogens with zero attached hydrogens (tertiary/aromatic N) is 2. The molecular formula is C36H20N2OS. The van der Waals surface area contributed by atoms with E-state index in [0.29, 0.717) is 0 Å². The Kier molecular flexibility index (Phi) is 4.48. The fourth-order valence-corrected chi connectivity index (χ4v) is 6.95. The minimum absolute atomic E-state index is 0.887. The van der Waals surface area contributed by atoms with Crippen LogP contribution >= 0.6 is 11.3 Å².